The fourth-order valence-electron chi connectivity index (χ4n) is 4.38. The number of benzene rings is 2. The zero-order valence-electron chi connectivity index (χ0n) is 16.8. The predicted octanol–water partition coefficient (Wildman–Crippen LogP) is 2.50. The van der Waals surface area contributed by atoms with Gasteiger partial charge in [0.2, 0.25) is 5.78 Å². The molecule has 1 heterocycles. The molecule has 1 saturated heterocycles. The molecule has 1 amide bonds. The maximum absolute atomic E-state index is 13.0. The lowest BCUT2D eigenvalue weighted by atomic mass is 9.81. The van der Waals surface area contributed by atoms with E-state index in [2.05, 4.69) is 0 Å². The molecular formula is C23H23NO6. The van der Waals surface area contributed by atoms with Crippen molar-refractivity contribution in [3.05, 3.63) is 58.1 Å². The Balaban J connectivity index is 1.66. The molecular weight excluding hydrogens is 386 g/mol. The minimum atomic E-state index is -0.815. The molecule has 2 aromatic carbocycles. The summed E-state index contributed by atoms with van der Waals surface area (Å²) in [5, 5.41) is 30.7. The molecule has 1 fully saturated rings. The number of aliphatic hydroxyl groups is 1. The van der Waals surface area contributed by atoms with Crippen LogP contribution in [-0.2, 0) is 0 Å². The maximum atomic E-state index is 13.0. The number of carbonyl (C=O) groups is 3. The van der Waals surface area contributed by atoms with E-state index < -0.39 is 22.9 Å². The standard InChI is InChI=1S/C23H23NO6/c1-23(2,30)13-6-8-24(9-7-13)22(29)12-10-15-19(17(26)11-12)21(28)18-14(20(15)27)4-3-5-16(18)25/h3-5,10-11,13,25-26,30H,6-9H2,1-2H3. The number of amides is 1. The molecule has 4 rings (SSSR count). The third-order valence-electron chi connectivity index (χ3n) is 6.13. The molecule has 0 atom stereocenters. The summed E-state index contributed by atoms with van der Waals surface area (Å²) in [6.45, 7) is 4.42. The van der Waals surface area contributed by atoms with Crippen LogP contribution in [0.5, 0.6) is 11.5 Å². The molecule has 0 unspecified atom stereocenters. The Morgan fingerprint density at radius 1 is 0.967 bits per heavy atom. The first kappa shape index (κ1) is 20.1. The number of phenols is 2. The number of nitrogens with zero attached hydrogens (tertiary/aromatic N) is 1. The van der Waals surface area contributed by atoms with Gasteiger partial charge in [0.15, 0.2) is 5.78 Å². The summed E-state index contributed by atoms with van der Waals surface area (Å²) in [6.07, 6.45) is 1.30. The van der Waals surface area contributed by atoms with E-state index in [1.165, 1.54) is 30.3 Å². The van der Waals surface area contributed by atoms with E-state index >= 15 is 0 Å². The monoisotopic (exact) mass is 409 g/mol. The van der Waals surface area contributed by atoms with Gasteiger partial charge in [-0.3, -0.25) is 14.4 Å². The van der Waals surface area contributed by atoms with E-state index in [0.29, 0.717) is 25.9 Å². The molecule has 0 aromatic heterocycles. The Kier molecular flexibility index (Phi) is 4.66. The lowest BCUT2D eigenvalue weighted by molar-refractivity contribution is -0.0108. The first-order chi connectivity index (χ1) is 14.1. The Morgan fingerprint density at radius 3 is 2.23 bits per heavy atom. The van der Waals surface area contributed by atoms with Crippen LogP contribution in [0.3, 0.4) is 0 Å². The molecule has 0 bridgehead atoms. The smallest absolute Gasteiger partial charge is 0.254 e. The topological polar surface area (TPSA) is 115 Å². The van der Waals surface area contributed by atoms with Crippen molar-refractivity contribution in [2.45, 2.75) is 32.3 Å². The van der Waals surface area contributed by atoms with E-state index in [4.69, 9.17) is 0 Å². The summed E-state index contributed by atoms with van der Waals surface area (Å²) in [5.41, 5.74) is -1.04. The summed E-state index contributed by atoms with van der Waals surface area (Å²) in [7, 11) is 0. The van der Waals surface area contributed by atoms with Gasteiger partial charge >= 0.3 is 0 Å². The first-order valence-corrected chi connectivity index (χ1v) is 9.89. The highest BCUT2D eigenvalue weighted by molar-refractivity contribution is 6.30. The van der Waals surface area contributed by atoms with Gasteiger partial charge in [-0.25, -0.2) is 0 Å². The molecule has 1 aliphatic heterocycles. The zero-order chi connectivity index (χ0) is 21.8. The Morgan fingerprint density at radius 2 is 1.60 bits per heavy atom. The third-order valence-corrected chi connectivity index (χ3v) is 6.13. The summed E-state index contributed by atoms with van der Waals surface area (Å²) >= 11 is 0. The average Bonchev–Trinajstić information content (AvgIpc) is 2.70. The number of hydrogen-bond acceptors (Lipinski definition) is 6. The number of rotatable bonds is 2. The van der Waals surface area contributed by atoms with Gasteiger partial charge in [0.25, 0.3) is 5.91 Å². The fraction of sp³-hybridized carbons (Fsp3) is 0.348. The normalized spacial score (nSPS) is 17.0. The van der Waals surface area contributed by atoms with Crippen molar-refractivity contribution in [3.8, 4) is 11.5 Å². The van der Waals surface area contributed by atoms with Crippen LogP contribution in [0.1, 0.15) is 68.9 Å². The highest BCUT2D eigenvalue weighted by Crippen LogP contribution is 2.37. The summed E-state index contributed by atoms with van der Waals surface area (Å²) in [4.78, 5) is 40.4. The molecule has 3 N–H and O–H groups in total. The SMILES string of the molecule is CC(C)(O)C1CCN(C(=O)c2cc(O)c3c(c2)C(=O)c2cccc(O)c2C3=O)CC1. The highest BCUT2D eigenvalue weighted by Gasteiger charge is 2.36. The lowest BCUT2D eigenvalue weighted by Gasteiger charge is -2.37. The second-order valence-corrected chi connectivity index (χ2v) is 8.50. The van der Waals surface area contributed by atoms with E-state index in [1.54, 1.807) is 18.7 Å². The fourth-order valence-corrected chi connectivity index (χ4v) is 4.38. The number of ketones is 2. The molecule has 0 radical (unpaired) electrons. The molecule has 0 saturated carbocycles. The van der Waals surface area contributed by atoms with Crippen LogP contribution in [0, 0.1) is 5.92 Å². The number of carbonyl (C=O) groups excluding carboxylic acids is 3. The Labute approximate surface area is 173 Å². The van der Waals surface area contributed by atoms with Gasteiger partial charge in [0.1, 0.15) is 11.5 Å². The molecule has 0 spiro atoms. The molecule has 156 valence electrons. The number of likely N-dealkylation sites (tertiary alicyclic amines) is 1. The third kappa shape index (κ3) is 3.15. The molecule has 30 heavy (non-hydrogen) atoms. The zero-order valence-corrected chi connectivity index (χ0v) is 16.8. The van der Waals surface area contributed by atoms with Crippen LogP contribution in [0.25, 0.3) is 0 Å². The predicted molar refractivity (Wildman–Crippen MR) is 108 cm³/mol. The highest BCUT2D eigenvalue weighted by atomic mass is 16.3. The van der Waals surface area contributed by atoms with Crippen LogP contribution >= 0.6 is 0 Å². The van der Waals surface area contributed by atoms with Gasteiger partial charge in [0.05, 0.1) is 16.7 Å². The Hall–Kier alpha value is -3.19. The number of fused-ring (bicyclic) bond motifs is 2. The molecule has 1 aliphatic carbocycles. The van der Waals surface area contributed by atoms with Gasteiger partial charge in [-0.1, -0.05) is 12.1 Å². The van der Waals surface area contributed by atoms with E-state index in [-0.39, 0.29) is 45.4 Å². The summed E-state index contributed by atoms with van der Waals surface area (Å²) < 4.78 is 0. The molecule has 7 heteroatoms. The quantitative estimate of drug-likeness (QED) is 0.599. The second-order valence-electron chi connectivity index (χ2n) is 8.50. The number of hydrogen-bond donors (Lipinski definition) is 3. The van der Waals surface area contributed by atoms with Gasteiger partial charge < -0.3 is 20.2 Å². The minimum absolute atomic E-state index is 0.0440. The van der Waals surface area contributed by atoms with Crippen molar-refractivity contribution in [2.75, 3.05) is 13.1 Å². The maximum Gasteiger partial charge on any atom is 0.254 e. The molecule has 2 aromatic rings. The van der Waals surface area contributed by atoms with Crippen LogP contribution in [0.4, 0.5) is 0 Å². The summed E-state index contributed by atoms with van der Waals surface area (Å²) in [6, 6.07) is 6.74. The lowest BCUT2D eigenvalue weighted by Crippen LogP contribution is -2.44. The largest absolute Gasteiger partial charge is 0.507 e. The number of piperidine rings is 1. The van der Waals surface area contributed by atoms with Crippen molar-refractivity contribution in [3.63, 3.8) is 0 Å². The van der Waals surface area contributed by atoms with Crippen LogP contribution in [0.2, 0.25) is 0 Å². The van der Waals surface area contributed by atoms with Gasteiger partial charge in [-0.15, -0.1) is 0 Å². The van der Waals surface area contributed by atoms with Gasteiger partial charge in [-0.2, -0.15) is 0 Å². The number of aromatic hydroxyl groups is 2. The van der Waals surface area contributed by atoms with Crippen molar-refractivity contribution < 1.29 is 29.7 Å². The first-order valence-electron chi connectivity index (χ1n) is 9.89. The van der Waals surface area contributed by atoms with Crippen molar-refractivity contribution >= 4 is 17.5 Å². The van der Waals surface area contributed by atoms with E-state index in [1.807, 2.05) is 0 Å². The molecule has 2 aliphatic rings. The van der Waals surface area contributed by atoms with Gasteiger partial charge in [0, 0.05) is 29.8 Å². The van der Waals surface area contributed by atoms with Crippen molar-refractivity contribution in [1.82, 2.24) is 4.90 Å². The van der Waals surface area contributed by atoms with Crippen molar-refractivity contribution in [1.29, 1.82) is 0 Å². The van der Waals surface area contributed by atoms with Crippen molar-refractivity contribution in [2.24, 2.45) is 5.92 Å². The van der Waals surface area contributed by atoms with E-state index in [0.717, 1.165) is 0 Å². The molecule has 7 nitrogen and oxygen atoms in total. The minimum Gasteiger partial charge on any atom is -0.507 e. The summed E-state index contributed by atoms with van der Waals surface area (Å²) in [5.74, 6) is -2.23. The van der Waals surface area contributed by atoms with Crippen LogP contribution in [0.15, 0.2) is 30.3 Å². The van der Waals surface area contributed by atoms with Gasteiger partial charge in [-0.05, 0) is 50.8 Å². The average molecular weight is 409 g/mol. The van der Waals surface area contributed by atoms with Crippen LogP contribution in [-0.4, -0.2) is 56.4 Å². The second kappa shape index (κ2) is 6.95. The van der Waals surface area contributed by atoms with E-state index in [9.17, 15) is 29.7 Å². The van der Waals surface area contributed by atoms with Crippen LogP contribution < -0.4 is 0 Å². The number of phenolic OH excluding ortho intramolecular Hbond substituents is 2. The Bertz CT molecular complexity index is 1070.